The molecular weight excluding hydrogens is 328 g/mol. The van der Waals surface area contributed by atoms with Crippen molar-refractivity contribution in [2.75, 3.05) is 6.61 Å². The lowest BCUT2D eigenvalue weighted by molar-refractivity contribution is -0.157. The summed E-state index contributed by atoms with van der Waals surface area (Å²) in [6.07, 6.45) is 0. The number of rotatable bonds is 5. The Morgan fingerprint density at radius 1 is 0.923 bits per heavy atom. The van der Waals surface area contributed by atoms with E-state index in [1.54, 1.807) is 24.3 Å². The van der Waals surface area contributed by atoms with Gasteiger partial charge in [-0.25, -0.2) is 4.79 Å². The molecule has 0 heterocycles. The predicted octanol–water partition coefficient (Wildman–Crippen LogP) is 4.21. The number of carbonyl (C=O) groups excluding carboxylic acids is 2. The van der Waals surface area contributed by atoms with Crippen LogP contribution in [-0.4, -0.2) is 24.1 Å². The Labute approximate surface area is 154 Å². The standard InChI is InChI=1S/C22H24O4/c1-22(2,3)26-21(24)19-17(18(19)15-10-6-4-7-11-15)14-25-20(23)16-12-8-5-9-13-16/h4-13,17-19H,14H2,1-3H3/t17-,18-,19-/m0/s1. The van der Waals surface area contributed by atoms with E-state index in [0.29, 0.717) is 5.56 Å². The highest BCUT2D eigenvalue weighted by Crippen LogP contribution is 2.55. The molecule has 3 atom stereocenters. The molecule has 0 amide bonds. The van der Waals surface area contributed by atoms with Crippen molar-refractivity contribution in [2.45, 2.75) is 32.3 Å². The van der Waals surface area contributed by atoms with E-state index in [1.807, 2.05) is 57.2 Å². The number of ether oxygens (including phenoxy) is 2. The van der Waals surface area contributed by atoms with E-state index in [-0.39, 0.29) is 36.3 Å². The van der Waals surface area contributed by atoms with Crippen LogP contribution in [-0.2, 0) is 14.3 Å². The minimum Gasteiger partial charge on any atom is -0.462 e. The van der Waals surface area contributed by atoms with Gasteiger partial charge in [-0.05, 0) is 38.5 Å². The van der Waals surface area contributed by atoms with Gasteiger partial charge in [-0.1, -0.05) is 48.5 Å². The van der Waals surface area contributed by atoms with E-state index in [4.69, 9.17) is 9.47 Å². The molecule has 0 radical (unpaired) electrons. The molecule has 0 saturated heterocycles. The van der Waals surface area contributed by atoms with Crippen LogP contribution in [0.2, 0.25) is 0 Å². The molecule has 4 nitrogen and oxygen atoms in total. The maximum atomic E-state index is 12.6. The largest absolute Gasteiger partial charge is 0.462 e. The summed E-state index contributed by atoms with van der Waals surface area (Å²) in [6, 6.07) is 18.7. The van der Waals surface area contributed by atoms with Crippen molar-refractivity contribution in [1.29, 1.82) is 0 Å². The Bertz CT molecular complexity index is 762. The van der Waals surface area contributed by atoms with Gasteiger partial charge in [0.2, 0.25) is 0 Å². The van der Waals surface area contributed by atoms with Gasteiger partial charge in [0.25, 0.3) is 0 Å². The van der Waals surface area contributed by atoms with Crippen molar-refractivity contribution >= 4 is 11.9 Å². The Kier molecular flexibility index (Phi) is 5.12. The highest BCUT2D eigenvalue weighted by Gasteiger charge is 2.57. The van der Waals surface area contributed by atoms with E-state index >= 15 is 0 Å². The van der Waals surface area contributed by atoms with E-state index in [2.05, 4.69) is 0 Å². The van der Waals surface area contributed by atoms with Crippen LogP contribution in [0, 0.1) is 11.8 Å². The first-order valence-corrected chi connectivity index (χ1v) is 8.87. The lowest BCUT2D eigenvalue weighted by Gasteiger charge is -2.19. The van der Waals surface area contributed by atoms with Gasteiger partial charge >= 0.3 is 11.9 Å². The molecule has 1 saturated carbocycles. The van der Waals surface area contributed by atoms with Gasteiger partial charge in [-0.3, -0.25) is 4.79 Å². The van der Waals surface area contributed by atoms with E-state index in [0.717, 1.165) is 5.56 Å². The van der Waals surface area contributed by atoms with Gasteiger partial charge in [0.1, 0.15) is 5.60 Å². The highest BCUT2D eigenvalue weighted by atomic mass is 16.6. The van der Waals surface area contributed by atoms with Crippen molar-refractivity contribution in [3.05, 3.63) is 71.8 Å². The third-order valence-corrected chi connectivity index (χ3v) is 4.45. The predicted molar refractivity (Wildman–Crippen MR) is 98.7 cm³/mol. The van der Waals surface area contributed by atoms with Crippen LogP contribution in [0.4, 0.5) is 0 Å². The van der Waals surface area contributed by atoms with Crippen LogP contribution in [0.25, 0.3) is 0 Å². The average molecular weight is 352 g/mol. The van der Waals surface area contributed by atoms with Crippen molar-refractivity contribution in [3.8, 4) is 0 Å². The average Bonchev–Trinajstić information content (AvgIpc) is 3.34. The Morgan fingerprint density at radius 3 is 2.08 bits per heavy atom. The quantitative estimate of drug-likeness (QED) is 0.756. The van der Waals surface area contributed by atoms with Crippen molar-refractivity contribution in [2.24, 2.45) is 11.8 Å². The van der Waals surface area contributed by atoms with Crippen molar-refractivity contribution < 1.29 is 19.1 Å². The molecule has 0 unspecified atom stereocenters. The number of esters is 2. The summed E-state index contributed by atoms with van der Waals surface area (Å²) in [5, 5.41) is 0. The fourth-order valence-electron chi connectivity index (χ4n) is 3.23. The van der Waals surface area contributed by atoms with Crippen LogP contribution >= 0.6 is 0 Å². The van der Waals surface area contributed by atoms with Gasteiger partial charge < -0.3 is 9.47 Å². The van der Waals surface area contributed by atoms with Crippen LogP contribution in [0.15, 0.2) is 60.7 Å². The first kappa shape index (κ1) is 18.2. The second kappa shape index (κ2) is 7.32. The maximum absolute atomic E-state index is 12.6. The van der Waals surface area contributed by atoms with Gasteiger partial charge in [0.15, 0.2) is 0 Å². The van der Waals surface area contributed by atoms with Gasteiger partial charge in [-0.2, -0.15) is 0 Å². The number of hydrogen-bond donors (Lipinski definition) is 0. The molecule has 3 rings (SSSR count). The summed E-state index contributed by atoms with van der Waals surface area (Å²) >= 11 is 0. The van der Waals surface area contributed by atoms with E-state index in [9.17, 15) is 9.59 Å². The van der Waals surface area contributed by atoms with Crippen LogP contribution in [0.3, 0.4) is 0 Å². The zero-order valence-corrected chi connectivity index (χ0v) is 15.3. The first-order chi connectivity index (χ1) is 12.4. The summed E-state index contributed by atoms with van der Waals surface area (Å²) < 4.78 is 11.0. The summed E-state index contributed by atoms with van der Waals surface area (Å²) in [7, 11) is 0. The Balaban J connectivity index is 1.69. The SMILES string of the molecule is CC(C)(C)OC(=O)[C@H]1[C@@H](COC(=O)c2ccccc2)[C@@H]1c1ccccc1. The highest BCUT2D eigenvalue weighted by molar-refractivity contribution is 5.89. The Hall–Kier alpha value is -2.62. The smallest absolute Gasteiger partial charge is 0.338 e. The van der Waals surface area contributed by atoms with Gasteiger partial charge in [-0.15, -0.1) is 0 Å². The minimum atomic E-state index is -0.536. The molecule has 0 spiro atoms. The van der Waals surface area contributed by atoms with Gasteiger partial charge in [0.05, 0.1) is 18.1 Å². The lowest BCUT2D eigenvalue weighted by Crippen LogP contribution is -2.25. The minimum absolute atomic E-state index is 0.0228. The summed E-state index contributed by atoms with van der Waals surface area (Å²) in [4.78, 5) is 24.8. The summed E-state index contributed by atoms with van der Waals surface area (Å²) in [5.74, 6) is -0.908. The number of carbonyl (C=O) groups is 2. The molecular formula is C22H24O4. The molecule has 0 aromatic heterocycles. The maximum Gasteiger partial charge on any atom is 0.338 e. The lowest BCUT2D eigenvalue weighted by atomic mass is 10.1. The second-order valence-electron chi connectivity index (χ2n) is 7.62. The molecule has 26 heavy (non-hydrogen) atoms. The molecule has 0 aliphatic heterocycles. The molecule has 1 aliphatic rings. The molecule has 136 valence electrons. The normalized spacial score (nSPS) is 21.7. The van der Waals surface area contributed by atoms with Crippen LogP contribution in [0.5, 0.6) is 0 Å². The molecule has 4 heteroatoms. The molecule has 1 fully saturated rings. The van der Waals surface area contributed by atoms with Gasteiger partial charge in [0, 0.05) is 11.8 Å². The molecule has 1 aliphatic carbocycles. The van der Waals surface area contributed by atoms with E-state index < -0.39 is 5.60 Å². The van der Waals surface area contributed by atoms with Crippen LogP contribution in [0.1, 0.15) is 42.6 Å². The molecule has 2 aromatic rings. The monoisotopic (exact) mass is 352 g/mol. The Morgan fingerprint density at radius 2 is 1.50 bits per heavy atom. The third-order valence-electron chi connectivity index (χ3n) is 4.45. The summed E-state index contributed by atoms with van der Waals surface area (Å²) in [6.45, 7) is 5.77. The summed E-state index contributed by atoms with van der Waals surface area (Å²) in [5.41, 5.74) is 1.05. The molecule has 2 aromatic carbocycles. The van der Waals surface area contributed by atoms with E-state index in [1.165, 1.54) is 0 Å². The van der Waals surface area contributed by atoms with Crippen molar-refractivity contribution in [1.82, 2.24) is 0 Å². The zero-order valence-electron chi connectivity index (χ0n) is 15.3. The van der Waals surface area contributed by atoms with Crippen molar-refractivity contribution in [3.63, 3.8) is 0 Å². The molecule has 0 bridgehead atoms. The second-order valence-corrected chi connectivity index (χ2v) is 7.62. The van der Waals surface area contributed by atoms with Crippen LogP contribution < -0.4 is 0 Å². The molecule has 0 N–H and O–H groups in total. The fourth-order valence-corrected chi connectivity index (χ4v) is 3.23. The zero-order chi connectivity index (χ0) is 18.7. The first-order valence-electron chi connectivity index (χ1n) is 8.87. The number of hydrogen-bond acceptors (Lipinski definition) is 4. The number of benzene rings is 2. The fraction of sp³-hybridized carbons (Fsp3) is 0.364. The topological polar surface area (TPSA) is 52.6 Å². The third kappa shape index (κ3) is 4.31.